The molecule has 7 heteroatoms. The molecule has 0 fully saturated rings. The van der Waals surface area contributed by atoms with Crippen molar-refractivity contribution < 1.29 is 9.53 Å². The number of ether oxygens (including phenoxy) is 1. The molecule has 0 bridgehead atoms. The molecular formula is C19H18N4O2S. The zero-order valence-electron chi connectivity index (χ0n) is 14.4. The largest absolute Gasteiger partial charge is 0.497 e. The number of carbonyl (C=O) groups excluding carboxylic acids is 1. The van der Waals surface area contributed by atoms with Gasteiger partial charge in [0.15, 0.2) is 5.78 Å². The molecular weight excluding hydrogens is 348 g/mol. The molecule has 2 aromatic carbocycles. The van der Waals surface area contributed by atoms with Gasteiger partial charge in [-0.2, -0.15) is 0 Å². The van der Waals surface area contributed by atoms with Gasteiger partial charge in [-0.1, -0.05) is 54.2 Å². The molecule has 132 valence electrons. The van der Waals surface area contributed by atoms with E-state index in [0.29, 0.717) is 10.7 Å². The molecule has 1 aliphatic rings. The van der Waals surface area contributed by atoms with Crippen molar-refractivity contribution in [2.45, 2.75) is 23.4 Å². The summed E-state index contributed by atoms with van der Waals surface area (Å²) in [7, 11) is 1.64. The van der Waals surface area contributed by atoms with Crippen LogP contribution in [-0.4, -0.2) is 33.0 Å². The number of fused-ring (bicyclic) bond motifs is 1. The Morgan fingerprint density at radius 2 is 1.85 bits per heavy atom. The Bertz CT molecular complexity index is 924. The van der Waals surface area contributed by atoms with E-state index >= 15 is 0 Å². The predicted molar refractivity (Wildman–Crippen MR) is 100 cm³/mol. The monoisotopic (exact) mass is 366 g/mol. The number of aromatic nitrogens is 3. The molecule has 0 amide bonds. The van der Waals surface area contributed by atoms with Crippen molar-refractivity contribution in [2.75, 3.05) is 12.5 Å². The van der Waals surface area contributed by atoms with Crippen molar-refractivity contribution >= 4 is 17.5 Å². The second-order valence-corrected chi connectivity index (χ2v) is 7.12. The van der Waals surface area contributed by atoms with Crippen molar-refractivity contribution in [1.29, 1.82) is 0 Å². The van der Waals surface area contributed by atoms with Gasteiger partial charge in [0, 0.05) is 5.56 Å². The van der Waals surface area contributed by atoms with Crippen LogP contribution in [0.25, 0.3) is 0 Å². The molecule has 2 atom stereocenters. The van der Waals surface area contributed by atoms with Gasteiger partial charge in [-0.3, -0.25) is 4.79 Å². The van der Waals surface area contributed by atoms with Gasteiger partial charge in [-0.05, 0) is 24.6 Å². The van der Waals surface area contributed by atoms with Crippen LogP contribution in [0, 0.1) is 6.92 Å². The average molecular weight is 366 g/mol. The topological polar surface area (TPSA) is 69.0 Å². The van der Waals surface area contributed by atoms with Crippen molar-refractivity contribution in [2.24, 2.45) is 0 Å². The summed E-state index contributed by atoms with van der Waals surface area (Å²) >= 11 is 1.44. The number of ketones is 1. The number of hydrogen-bond donors (Lipinski definition) is 1. The fourth-order valence-corrected chi connectivity index (χ4v) is 4.19. The minimum absolute atomic E-state index is 0.0656. The van der Waals surface area contributed by atoms with Crippen LogP contribution < -0.4 is 10.2 Å². The third-order valence-corrected chi connectivity index (χ3v) is 5.61. The molecule has 1 N–H and O–H groups in total. The highest BCUT2D eigenvalue weighted by molar-refractivity contribution is 8.00. The lowest BCUT2D eigenvalue weighted by Crippen LogP contribution is -2.39. The summed E-state index contributed by atoms with van der Waals surface area (Å²) < 4.78 is 7.09. The van der Waals surface area contributed by atoms with Crippen molar-refractivity contribution in [3.05, 3.63) is 71.5 Å². The second-order valence-electron chi connectivity index (χ2n) is 6.01. The maximum Gasteiger partial charge on any atom is 0.210 e. The lowest BCUT2D eigenvalue weighted by molar-refractivity contribution is 0.0980. The molecule has 3 aromatic rings. The van der Waals surface area contributed by atoms with Crippen molar-refractivity contribution in [1.82, 2.24) is 14.9 Å². The molecule has 2 unspecified atom stereocenters. The zero-order valence-corrected chi connectivity index (χ0v) is 15.2. The molecule has 0 saturated carbocycles. The summed E-state index contributed by atoms with van der Waals surface area (Å²) in [6.45, 7) is 1.88. The van der Waals surface area contributed by atoms with E-state index in [-0.39, 0.29) is 17.1 Å². The molecule has 1 aromatic heterocycles. The van der Waals surface area contributed by atoms with E-state index in [9.17, 15) is 4.79 Å². The molecule has 0 spiro atoms. The number of thioether (sulfide) groups is 1. The summed E-state index contributed by atoms with van der Waals surface area (Å²) in [6.07, 6.45) is 0. The highest BCUT2D eigenvalue weighted by Gasteiger charge is 2.37. The van der Waals surface area contributed by atoms with E-state index < -0.39 is 0 Å². The SMILES string of the molecule is COc1ccc(C2Nn3c(C)nnc3SC2C(=O)c2ccccc2)cc1. The minimum atomic E-state index is -0.345. The zero-order chi connectivity index (χ0) is 18.1. The van der Waals surface area contributed by atoms with Crippen LogP contribution in [0.15, 0.2) is 59.8 Å². The van der Waals surface area contributed by atoms with E-state index in [1.807, 2.05) is 66.2 Å². The first kappa shape index (κ1) is 16.7. The van der Waals surface area contributed by atoms with Gasteiger partial charge >= 0.3 is 0 Å². The third-order valence-electron chi connectivity index (χ3n) is 4.39. The smallest absolute Gasteiger partial charge is 0.210 e. The van der Waals surface area contributed by atoms with E-state index in [2.05, 4.69) is 15.6 Å². The highest BCUT2D eigenvalue weighted by atomic mass is 32.2. The Balaban J connectivity index is 1.74. The summed E-state index contributed by atoms with van der Waals surface area (Å²) in [5.74, 6) is 1.61. The van der Waals surface area contributed by atoms with Gasteiger partial charge in [-0.15, -0.1) is 10.2 Å². The molecule has 0 saturated heterocycles. The molecule has 0 radical (unpaired) electrons. The predicted octanol–water partition coefficient (Wildman–Crippen LogP) is 3.24. The van der Waals surface area contributed by atoms with Crippen LogP contribution in [0.2, 0.25) is 0 Å². The van der Waals surface area contributed by atoms with Crippen LogP contribution in [-0.2, 0) is 0 Å². The molecule has 1 aliphatic heterocycles. The van der Waals surface area contributed by atoms with Crippen LogP contribution in [0.5, 0.6) is 5.75 Å². The maximum atomic E-state index is 13.2. The summed E-state index contributed by atoms with van der Waals surface area (Å²) in [4.78, 5) is 13.2. The Hall–Kier alpha value is -2.80. The molecule has 0 aliphatic carbocycles. The van der Waals surface area contributed by atoms with E-state index in [4.69, 9.17) is 4.74 Å². The average Bonchev–Trinajstić information content (AvgIpc) is 3.07. The molecule has 6 nitrogen and oxygen atoms in total. The third kappa shape index (κ3) is 2.94. The second kappa shape index (κ2) is 6.84. The van der Waals surface area contributed by atoms with E-state index in [1.54, 1.807) is 7.11 Å². The van der Waals surface area contributed by atoms with E-state index in [0.717, 1.165) is 17.1 Å². The highest BCUT2D eigenvalue weighted by Crippen LogP contribution is 2.38. The van der Waals surface area contributed by atoms with E-state index in [1.165, 1.54) is 11.8 Å². The normalized spacial score (nSPS) is 18.7. The van der Waals surface area contributed by atoms with Crippen LogP contribution >= 0.6 is 11.8 Å². The first-order valence-electron chi connectivity index (χ1n) is 8.26. The number of nitrogens with zero attached hydrogens (tertiary/aromatic N) is 3. The van der Waals surface area contributed by atoms with Crippen LogP contribution in [0.3, 0.4) is 0 Å². The van der Waals surface area contributed by atoms with Gasteiger partial charge in [0.1, 0.15) is 16.8 Å². The van der Waals surface area contributed by atoms with Gasteiger partial charge in [0.25, 0.3) is 0 Å². The van der Waals surface area contributed by atoms with Crippen LogP contribution in [0.1, 0.15) is 27.8 Å². The lowest BCUT2D eigenvalue weighted by Gasteiger charge is -2.32. The summed E-state index contributed by atoms with van der Waals surface area (Å²) in [5, 5.41) is 8.65. The van der Waals surface area contributed by atoms with Gasteiger partial charge < -0.3 is 10.2 Å². The van der Waals surface area contributed by atoms with Crippen molar-refractivity contribution in [3.63, 3.8) is 0 Å². The number of hydrogen-bond acceptors (Lipinski definition) is 6. The number of nitrogens with one attached hydrogen (secondary N) is 1. The standard InChI is InChI=1S/C19H18N4O2S/c1-12-20-21-19-23(12)22-16(13-8-10-15(25-2)11-9-13)18(26-19)17(24)14-6-4-3-5-7-14/h3-11,16,18,22H,1-2H3. The Morgan fingerprint density at radius 3 is 2.54 bits per heavy atom. The summed E-state index contributed by atoms with van der Waals surface area (Å²) in [5.41, 5.74) is 5.10. The fourth-order valence-electron chi connectivity index (χ4n) is 2.99. The fraction of sp³-hybridized carbons (Fsp3) is 0.211. The first-order valence-corrected chi connectivity index (χ1v) is 9.14. The van der Waals surface area contributed by atoms with Crippen LogP contribution in [0.4, 0.5) is 0 Å². The molecule has 26 heavy (non-hydrogen) atoms. The maximum absolute atomic E-state index is 13.2. The number of benzene rings is 2. The van der Waals surface area contributed by atoms with Gasteiger partial charge in [-0.25, -0.2) is 4.68 Å². The minimum Gasteiger partial charge on any atom is -0.497 e. The number of Topliss-reactive ketones (excluding diaryl/α,β-unsaturated/α-hetero) is 1. The van der Waals surface area contributed by atoms with Crippen molar-refractivity contribution in [3.8, 4) is 5.75 Å². The number of carbonyl (C=O) groups is 1. The quantitative estimate of drug-likeness (QED) is 0.715. The summed E-state index contributed by atoms with van der Waals surface area (Å²) in [6, 6.07) is 16.9. The number of rotatable bonds is 4. The molecule has 4 rings (SSSR count). The number of methoxy groups -OCH3 is 1. The number of aryl methyl sites for hydroxylation is 1. The van der Waals surface area contributed by atoms with Gasteiger partial charge in [0.05, 0.1) is 13.2 Å². The Kier molecular flexibility index (Phi) is 4.38. The Morgan fingerprint density at radius 1 is 1.12 bits per heavy atom. The first-order chi connectivity index (χ1) is 12.7. The molecule has 2 heterocycles. The lowest BCUT2D eigenvalue weighted by atomic mass is 9.97. The Labute approximate surface area is 155 Å². The van der Waals surface area contributed by atoms with Gasteiger partial charge in [0.2, 0.25) is 5.16 Å².